The normalized spacial score (nSPS) is 11.1. The van der Waals surface area contributed by atoms with E-state index in [4.69, 9.17) is 10.5 Å². The van der Waals surface area contributed by atoms with Crippen molar-refractivity contribution in [1.29, 1.82) is 0 Å². The Morgan fingerprint density at radius 2 is 2.05 bits per heavy atom. The molecule has 0 aliphatic carbocycles. The lowest BCUT2D eigenvalue weighted by atomic mass is 10.1. The summed E-state index contributed by atoms with van der Waals surface area (Å²) in [5.74, 6) is 2.04. The minimum Gasteiger partial charge on any atom is -0.496 e. The van der Waals surface area contributed by atoms with Gasteiger partial charge in [-0.15, -0.1) is 10.2 Å². The molecule has 2 rings (SSSR count). The van der Waals surface area contributed by atoms with Gasteiger partial charge in [0.1, 0.15) is 5.75 Å². The van der Waals surface area contributed by atoms with Crippen molar-refractivity contribution < 1.29 is 4.74 Å². The molecule has 0 aliphatic rings. The van der Waals surface area contributed by atoms with Gasteiger partial charge in [0.2, 0.25) is 5.95 Å². The summed E-state index contributed by atoms with van der Waals surface area (Å²) in [7, 11) is 1.68. The maximum Gasteiger partial charge on any atom is 0.222 e. The van der Waals surface area contributed by atoms with Gasteiger partial charge in [-0.1, -0.05) is 11.8 Å². The van der Waals surface area contributed by atoms with Crippen molar-refractivity contribution in [2.75, 3.05) is 12.8 Å². The number of rotatable bonds is 5. The Labute approximate surface area is 129 Å². The van der Waals surface area contributed by atoms with Gasteiger partial charge in [0.25, 0.3) is 0 Å². The summed E-state index contributed by atoms with van der Waals surface area (Å²) in [5.41, 5.74) is 8.94. The number of ether oxygens (including phenoxy) is 1. The lowest BCUT2D eigenvalue weighted by Gasteiger charge is -2.13. The largest absolute Gasteiger partial charge is 0.496 e. The van der Waals surface area contributed by atoms with Crippen LogP contribution in [0.3, 0.4) is 0 Å². The van der Waals surface area contributed by atoms with Crippen LogP contribution in [-0.2, 0) is 5.75 Å². The summed E-state index contributed by atoms with van der Waals surface area (Å²) < 4.78 is 7.35. The number of thioether (sulfide) groups is 1. The van der Waals surface area contributed by atoms with E-state index < -0.39 is 0 Å². The Kier molecular flexibility index (Phi) is 4.72. The van der Waals surface area contributed by atoms with Gasteiger partial charge in [-0.25, -0.2) is 0 Å². The van der Waals surface area contributed by atoms with Crippen molar-refractivity contribution in [3.63, 3.8) is 0 Å². The van der Waals surface area contributed by atoms with E-state index in [0.29, 0.717) is 11.7 Å². The second-order valence-corrected chi connectivity index (χ2v) is 6.08. The van der Waals surface area contributed by atoms with Gasteiger partial charge in [-0.3, -0.25) is 9.55 Å². The van der Waals surface area contributed by atoms with Crippen LogP contribution in [0.4, 0.5) is 5.95 Å². The fourth-order valence-electron chi connectivity index (χ4n) is 2.22. The molecule has 0 saturated carbocycles. The van der Waals surface area contributed by atoms with E-state index in [9.17, 15) is 0 Å². The molecule has 0 saturated heterocycles. The molecule has 0 unspecified atom stereocenters. The van der Waals surface area contributed by atoms with Crippen LogP contribution in [0.2, 0.25) is 0 Å². The maximum absolute atomic E-state index is 5.85. The zero-order chi connectivity index (χ0) is 15.6. The highest BCUT2D eigenvalue weighted by atomic mass is 32.2. The van der Waals surface area contributed by atoms with Gasteiger partial charge < -0.3 is 10.5 Å². The highest BCUT2D eigenvalue weighted by molar-refractivity contribution is 7.98. The van der Waals surface area contributed by atoms with Crippen LogP contribution in [0.5, 0.6) is 5.75 Å². The molecule has 6 nitrogen and oxygen atoms in total. The molecule has 7 heteroatoms. The topological polar surface area (TPSA) is 78.8 Å². The number of pyridine rings is 1. The number of nitrogens with zero attached hydrogens (tertiary/aromatic N) is 4. The van der Waals surface area contributed by atoms with Gasteiger partial charge in [0.15, 0.2) is 5.16 Å². The molecule has 0 spiro atoms. The zero-order valence-corrected chi connectivity index (χ0v) is 13.9. The second-order valence-electron chi connectivity index (χ2n) is 5.14. The smallest absolute Gasteiger partial charge is 0.222 e. The van der Waals surface area contributed by atoms with Crippen LogP contribution in [0.25, 0.3) is 0 Å². The minimum atomic E-state index is 0.226. The number of aryl methyl sites for hydroxylation is 1. The molecule has 0 aromatic carbocycles. The second kappa shape index (κ2) is 6.34. The van der Waals surface area contributed by atoms with Crippen molar-refractivity contribution in [3.8, 4) is 5.75 Å². The number of nitrogens with two attached hydrogens (primary N) is 1. The third-order valence-corrected chi connectivity index (χ3v) is 4.25. The van der Waals surface area contributed by atoms with Crippen molar-refractivity contribution in [1.82, 2.24) is 19.7 Å². The summed E-state index contributed by atoms with van der Waals surface area (Å²) in [6.07, 6.45) is 1.84. The molecule has 0 amide bonds. The monoisotopic (exact) mass is 307 g/mol. The average molecular weight is 307 g/mol. The summed E-state index contributed by atoms with van der Waals surface area (Å²) in [5, 5.41) is 8.89. The van der Waals surface area contributed by atoms with Gasteiger partial charge in [-0.2, -0.15) is 0 Å². The summed E-state index contributed by atoms with van der Waals surface area (Å²) in [6, 6.07) is 0.226. The Balaban J connectivity index is 2.21. The van der Waals surface area contributed by atoms with Crippen molar-refractivity contribution >= 4 is 17.7 Å². The van der Waals surface area contributed by atoms with Crippen molar-refractivity contribution in [3.05, 3.63) is 23.0 Å². The summed E-state index contributed by atoms with van der Waals surface area (Å²) >= 11 is 1.58. The number of methoxy groups -OCH3 is 1. The average Bonchev–Trinajstić information content (AvgIpc) is 2.79. The fourth-order valence-corrected chi connectivity index (χ4v) is 3.32. The van der Waals surface area contributed by atoms with Crippen LogP contribution < -0.4 is 10.5 Å². The minimum absolute atomic E-state index is 0.226. The number of hydrogen-bond donors (Lipinski definition) is 1. The molecule has 2 aromatic heterocycles. The number of anilines is 1. The van der Waals surface area contributed by atoms with E-state index in [-0.39, 0.29) is 6.04 Å². The Hall–Kier alpha value is -1.76. The first-order valence-corrected chi connectivity index (χ1v) is 7.76. The number of hydrogen-bond acceptors (Lipinski definition) is 6. The zero-order valence-electron chi connectivity index (χ0n) is 13.0. The molecule has 0 bridgehead atoms. The molecule has 0 fully saturated rings. The molecule has 2 N–H and O–H groups in total. The van der Waals surface area contributed by atoms with Crippen LogP contribution in [0, 0.1) is 13.8 Å². The highest BCUT2D eigenvalue weighted by Gasteiger charge is 2.15. The first-order chi connectivity index (χ1) is 9.95. The molecule has 114 valence electrons. The highest BCUT2D eigenvalue weighted by Crippen LogP contribution is 2.30. The molecule has 21 heavy (non-hydrogen) atoms. The summed E-state index contributed by atoms with van der Waals surface area (Å²) in [6.45, 7) is 8.13. The number of aromatic nitrogens is 4. The van der Waals surface area contributed by atoms with E-state index >= 15 is 0 Å². The third-order valence-electron chi connectivity index (χ3n) is 3.30. The Morgan fingerprint density at radius 1 is 1.33 bits per heavy atom. The fraction of sp³-hybridized carbons (Fsp3) is 0.500. The first kappa shape index (κ1) is 15.6. The van der Waals surface area contributed by atoms with Gasteiger partial charge in [0, 0.05) is 29.1 Å². The van der Waals surface area contributed by atoms with Crippen molar-refractivity contribution in [2.24, 2.45) is 0 Å². The van der Waals surface area contributed by atoms with Crippen LogP contribution >= 0.6 is 11.8 Å². The number of nitrogen functional groups attached to an aromatic ring is 1. The van der Waals surface area contributed by atoms with Gasteiger partial charge >= 0.3 is 0 Å². The predicted octanol–water partition coefficient (Wildman–Crippen LogP) is 2.75. The van der Waals surface area contributed by atoms with Crippen LogP contribution in [-0.4, -0.2) is 26.9 Å². The SMILES string of the molecule is COc1c(C)cnc(CSc2nnc(N)n2C(C)C)c1C. The standard InChI is InChI=1S/C14H21N5OS/c1-8(2)19-13(15)17-18-14(19)21-7-11-10(4)12(20-5)9(3)6-16-11/h6,8H,7H2,1-5H3,(H2,15,17). The Bertz CT molecular complexity index is 639. The molecule has 0 atom stereocenters. The molecule has 2 heterocycles. The third kappa shape index (κ3) is 3.12. The first-order valence-electron chi connectivity index (χ1n) is 6.78. The van der Waals surface area contributed by atoms with E-state index in [1.165, 1.54) is 0 Å². The molecular formula is C14H21N5OS. The quantitative estimate of drug-likeness (QED) is 0.856. The molecular weight excluding hydrogens is 286 g/mol. The van der Waals surface area contributed by atoms with E-state index in [1.54, 1.807) is 18.9 Å². The van der Waals surface area contributed by atoms with Gasteiger partial charge in [0.05, 0.1) is 12.8 Å². The van der Waals surface area contributed by atoms with Gasteiger partial charge in [-0.05, 0) is 27.7 Å². The predicted molar refractivity (Wildman–Crippen MR) is 84.6 cm³/mol. The maximum atomic E-state index is 5.85. The summed E-state index contributed by atoms with van der Waals surface area (Å²) in [4.78, 5) is 4.49. The van der Waals surface area contributed by atoms with E-state index in [0.717, 1.165) is 27.7 Å². The Morgan fingerprint density at radius 3 is 2.67 bits per heavy atom. The lowest BCUT2D eigenvalue weighted by molar-refractivity contribution is 0.407. The van der Waals surface area contributed by atoms with E-state index in [2.05, 4.69) is 29.0 Å². The molecule has 2 aromatic rings. The molecule has 0 radical (unpaired) electrons. The van der Waals surface area contributed by atoms with E-state index in [1.807, 2.05) is 24.6 Å². The lowest BCUT2D eigenvalue weighted by Crippen LogP contribution is -2.07. The molecule has 0 aliphatic heterocycles. The van der Waals surface area contributed by atoms with Crippen LogP contribution in [0.15, 0.2) is 11.4 Å². The van der Waals surface area contributed by atoms with Crippen molar-refractivity contribution in [2.45, 2.75) is 44.6 Å². The van der Waals surface area contributed by atoms with Crippen LogP contribution in [0.1, 0.15) is 36.7 Å².